The lowest BCUT2D eigenvalue weighted by Crippen LogP contribution is -2.36. The molecule has 3 aliphatic rings. The summed E-state index contributed by atoms with van der Waals surface area (Å²) in [6, 6.07) is 0. The largest absolute Gasteiger partial charge is 0.393 e. The van der Waals surface area contributed by atoms with Crippen molar-refractivity contribution in [3.8, 4) is 0 Å². The van der Waals surface area contributed by atoms with E-state index in [2.05, 4.69) is 32.6 Å². The molecule has 0 aromatic carbocycles. The van der Waals surface area contributed by atoms with E-state index in [1.54, 1.807) is 5.57 Å². The molecule has 2 heteroatoms. The second-order valence-electron chi connectivity index (χ2n) is 11.2. The summed E-state index contributed by atoms with van der Waals surface area (Å²) < 4.78 is 0. The number of rotatable bonds is 6. The molecule has 0 heterocycles. The SMILES string of the molecule is C=C1CC[C@@H](O)C/C1=C/C=C1\CCC[C@]2(C)[C@@H]([C@@H](C)CCCC(C)(C)O)CC[C@@H]12. The van der Waals surface area contributed by atoms with Gasteiger partial charge in [-0.2, -0.15) is 0 Å². The minimum Gasteiger partial charge on any atom is -0.393 e. The monoisotopic (exact) mass is 400 g/mol. The zero-order valence-corrected chi connectivity index (χ0v) is 19.3. The maximum absolute atomic E-state index is 10.0. The third kappa shape index (κ3) is 5.44. The topological polar surface area (TPSA) is 40.5 Å². The van der Waals surface area contributed by atoms with Gasteiger partial charge in [-0.1, -0.05) is 56.6 Å². The van der Waals surface area contributed by atoms with Crippen LogP contribution >= 0.6 is 0 Å². The predicted molar refractivity (Wildman–Crippen MR) is 123 cm³/mol. The van der Waals surface area contributed by atoms with Gasteiger partial charge in [0.05, 0.1) is 11.7 Å². The molecule has 0 bridgehead atoms. The molecule has 0 spiro atoms. The van der Waals surface area contributed by atoms with Crippen molar-refractivity contribution >= 4 is 0 Å². The van der Waals surface area contributed by atoms with Crippen molar-refractivity contribution < 1.29 is 10.2 Å². The van der Waals surface area contributed by atoms with Gasteiger partial charge in [-0.05, 0) is 100 Å². The molecular weight excluding hydrogens is 356 g/mol. The summed E-state index contributed by atoms with van der Waals surface area (Å²) in [5, 5.41) is 20.1. The van der Waals surface area contributed by atoms with Crippen molar-refractivity contribution in [1.82, 2.24) is 0 Å². The molecule has 3 saturated carbocycles. The van der Waals surface area contributed by atoms with Crippen LogP contribution in [0.3, 0.4) is 0 Å². The molecule has 0 unspecified atom stereocenters. The smallest absolute Gasteiger partial charge is 0.0591 e. The van der Waals surface area contributed by atoms with Gasteiger partial charge in [-0.15, -0.1) is 0 Å². The summed E-state index contributed by atoms with van der Waals surface area (Å²) >= 11 is 0. The van der Waals surface area contributed by atoms with E-state index >= 15 is 0 Å². The highest BCUT2D eigenvalue weighted by atomic mass is 16.3. The number of fused-ring (bicyclic) bond motifs is 1. The fourth-order valence-electron chi connectivity index (χ4n) is 6.67. The van der Waals surface area contributed by atoms with E-state index in [0.717, 1.165) is 49.9 Å². The highest BCUT2D eigenvalue weighted by Gasteiger charge is 2.50. The van der Waals surface area contributed by atoms with Crippen LogP contribution in [0.4, 0.5) is 0 Å². The number of aliphatic hydroxyl groups excluding tert-OH is 1. The number of aliphatic hydroxyl groups is 2. The molecule has 0 aromatic heterocycles. The zero-order chi connectivity index (χ0) is 21.2. The Morgan fingerprint density at radius 1 is 1.21 bits per heavy atom. The molecule has 0 amide bonds. The second-order valence-corrected chi connectivity index (χ2v) is 11.2. The predicted octanol–water partition coefficient (Wildman–Crippen LogP) is 6.73. The van der Waals surface area contributed by atoms with Crippen LogP contribution in [0.15, 0.2) is 35.5 Å². The Hall–Kier alpha value is -0.860. The Morgan fingerprint density at radius 2 is 1.97 bits per heavy atom. The zero-order valence-electron chi connectivity index (χ0n) is 19.3. The van der Waals surface area contributed by atoms with Crippen LogP contribution in [0.1, 0.15) is 98.3 Å². The van der Waals surface area contributed by atoms with Crippen molar-refractivity contribution in [2.45, 2.75) is 110 Å². The van der Waals surface area contributed by atoms with Gasteiger partial charge in [-0.3, -0.25) is 0 Å². The summed E-state index contributed by atoms with van der Waals surface area (Å²) in [5.41, 5.74) is 4.02. The van der Waals surface area contributed by atoms with Gasteiger partial charge >= 0.3 is 0 Å². The summed E-state index contributed by atoms with van der Waals surface area (Å²) in [4.78, 5) is 0. The minimum absolute atomic E-state index is 0.192. The lowest BCUT2D eigenvalue weighted by molar-refractivity contribution is 0.0596. The molecule has 0 radical (unpaired) electrons. The third-order valence-electron chi connectivity index (χ3n) is 8.36. The lowest BCUT2D eigenvalue weighted by atomic mass is 9.60. The second kappa shape index (κ2) is 9.10. The first-order valence-corrected chi connectivity index (χ1v) is 12.1. The van der Waals surface area contributed by atoms with Crippen molar-refractivity contribution in [3.63, 3.8) is 0 Å². The Bertz CT molecular complexity index is 650. The fourth-order valence-corrected chi connectivity index (χ4v) is 6.67. The van der Waals surface area contributed by atoms with Gasteiger partial charge in [0.15, 0.2) is 0 Å². The highest BCUT2D eigenvalue weighted by molar-refractivity contribution is 5.36. The van der Waals surface area contributed by atoms with E-state index in [1.807, 2.05) is 13.8 Å². The van der Waals surface area contributed by atoms with Gasteiger partial charge in [0.25, 0.3) is 0 Å². The summed E-state index contributed by atoms with van der Waals surface area (Å²) in [7, 11) is 0. The lowest BCUT2D eigenvalue weighted by Gasteiger charge is -2.44. The van der Waals surface area contributed by atoms with Crippen molar-refractivity contribution in [1.29, 1.82) is 0 Å². The minimum atomic E-state index is -0.535. The molecule has 164 valence electrons. The molecule has 3 aliphatic carbocycles. The number of hydrogen-bond acceptors (Lipinski definition) is 2. The van der Waals surface area contributed by atoms with Crippen molar-refractivity contribution in [3.05, 3.63) is 35.5 Å². The summed E-state index contributed by atoms with van der Waals surface area (Å²) in [6.07, 6.45) is 16.9. The van der Waals surface area contributed by atoms with E-state index < -0.39 is 5.60 Å². The Balaban J connectivity index is 1.68. The first-order chi connectivity index (χ1) is 13.6. The van der Waals surface area contributed by atoms with Crippen LogP contribution in [0.5, 0.6) is 0 Å². The first kappa shape index (κ1) is 22.8. The van der Waals surface area contributed by atoms with Gasteiger partial charge in [0.1, 0.15) is 0 Å². The number of allylic oxidation sites excluding steroid dienone is 4. The molecule has 5 atom stereocenters. The van der Waals surface area contributed by atoms with Crippen LogP contribution in [0.25, 0.3) is 0 Å². The molecule has 2 nitrogen and oxygen atoms in total. The van der Waals surface area contributed by atoms with E-state index in [-0.39, 0.29) is 6.10 Å². The molecule has 3 fully saturated rings. The van der Waals surface area contributed by atoms with E-state index in [9.17, 15) is 10.2 Å². The molecule has 0 aromatic rings. The molecule has 0 aliphatic heterocycles. The highest BCUT2D eigenvalue weighted by Crippen LogP contribution is 2.60. The fraction of sp³-hybridized carbons (Fsp3) is 0.778. The molecule has 29 heavy (non-hydrogen) atoms. The van der Waals surface area contributed by atoms with Gasteiger partial charge < -0.3 is 10.2 Å². The standard InChI is InChI=1S/C27H44O2/c1-19-10-13-23(28)18-22(19)12-11-21-9-7-17-27(5)24(14-15-25(21)27)20(2)8-6-16-26(3,4)29/h11-12,20,23-25,28-29H,1,6-10,13-18H2,2-5H3/b21-11+,22-12-/t20-,23+,24+,25-,27+/m0/s1. The number of hydrogen-bond donors (Lipinski definition) is 2. The first-order valence-electron chi connectivity index (χ1n) is 12.1. The maximum Gasteiger partial charge on any atom is 0.0591 e. The van der Waals surface area contributed by atoms with Gasteiger partial charge in [-0.25, -0.2) is 0 Å². The Morgan fingerprint density at radius 3 is 2.69 bits per heavy atom. The molecule has 0 saturated heterocycles. The Labute approximate surface area is 179 Å². The third-order valence-corrected chi connectivity index (χ3v) is 8.36. The van der Waals surface area contributed by atoms with Crippen LogP contribution in [-0.4, -0.2) is 21.9 Å². The average molecular weight is 401 g/mol. The summed E-state index contributed by atoms with van der Waals surface area (Å²) in [6.45, 7) is 13.1. The average Bonchev–Trinajstić information content (AvgIpc) is 2.99. The van der Waals surface area contributed by atoms with Crippen LogP contribution in [0, 0.1) is 23.2 Å². The normalized spacial score (nSPS) is 37.2. The van der Waals surface area contributed by atoms with Crippen LogP contribution in [0.2, 0.25) is 0 Å². The quantitative estimate of drug-likeness (QED) is 0.518. The Kier molecular flexibility index (Phi) is 7.16. The van der Waals surface area contributed by atoms with Crippen LogP contribution in [-0.2, 0) is 0 Å². The maximum atomic E-state index is 10.0. The van der Waals surface area contributed by atoms with Crippen molar-refractivity contribution in [2.75, 3.05) is 0 Å². The van der Waals surface area contributed by atoms with Gasteiger partial charge in [0, 0.05) is 0 Å². The van der Waals surface area contributed by atoms with Crippen LogP contribution < -0.4 is 0 Å². The van der Waals surface area contributed by atoms with E-state index in [4.69, 9.17) is 0 Å². The molecule has 2 N–H and O–H groups in total. The summed E-state index contributed by atoms with van der Waals surface area (Å²) in [5.74, 6) is 2.26. The van der Waals surface area contributed by atoms with Crippen molar-refractivity contribution in [2.24, 2.45) is 23.2 Å². The molecule has 3 rings (SSSR count). The van der Waals surface area contributed by atoms with E-state index in [0.29, 0.717) is 5.41 Å². The molecular formula is C27H44O2. The van der Waals surface area contributed by atoms with Gasteiger partial charge in [0.2, 0.25) is 0 Å². The van der Waals surface area contributed by atoms with E-state index in [1.165, 1.54) is 49.7 Å².